The van der Waals surface area contributed by atoms with Crippen molar-refractivity contribution in [2.24, 2.45) is 0 Å². The van der Waals surface area contributed by atoms with Crippen LogP contribution in [0.2, 0.25) is 0 Å². The van der Waals surface area contributed by atoms with Gasteiger partial charge in [0.15, 0.2) is 11.6 Å². The van der Waals surface area contributed by atoms with E-state index in [1.165, 1.54) is 10.8 Å². The van der Waals surface area contributed by atoms with Gasteiger partial charge in [-0.3, -0.25) is 4.57 Å². The summed E-state index contributed by atoms with van der Waals surface area (Å²) in [6, 6.07) is 77.0. The molecule has 9 aromatic carbocycles. The minimum absolute atomic E-state index is 0.559. The average Bonchev–Trinajstić information content (AvgIpc) is 3.66. The van der Waals surface area contributed by atoms with Crippen molar-refractivity contribution in [2.45, 2.75) is 0 Å². The molecule has 0 saturated carbocycles. The summed E-state index contributed by atoms with van der Waals surface area (Å²) in [5.74, 6) is 1.77. The topological polar surface area (TPSA) is 43.6 Å². The molecule has 0 unspecified atom stereocenters. The van der Waals surface area contributed by atoms with Gasteiger partial charge in [-0.1, -0.05) is 206 Å². The Hall–Kier alpha value is -7.95. The van der Waals surface area contributed by atoms with E-state index in [2.05, 4.69) is 211 Å². The maximum absolute atomic E-state index is 5.37. The highest BCUT2D eigenvalue weighted by Crippen LogP contribution is 2.42. The monoisotopic (exact) mass is 752 g/mol. The summed E-state index contributed by atoms with van der Waals surface area (Å²) < 4.78 is 2.25. The summed E-state index contributed by atoms with van der Waals surface area (Å²) in [6.45, 7) is 0. The van der Waals surface area contributed by atoms with E-state index in [4.69, 9.17) is 15.0 Å². The van der Waals surface area contributed by atoms with E-state index in [9.17, 15) is 0 Å². The minimum Gasteiger partial charge on any atom is -0.278 e. The maximum Gasteiger partial charge on any atom is 0.238 e. The van der Waals surface area contributed by atoms with Gasteiger partial charge in [0.2, 0.25) is 5.95 Å². The molecule has 0 saturated heterocycles. The number of fused-ring (bicyclic) bond motifs is 5. The molecule has 4 heteroatoms. The van der Waals surface area contributed by atoms with Crippen LogP contribution in [0.4, 0.5) is 0 Å². The van der Waals surface area contributed by atoms with Crippen molar-refractivity contribution >= 4 is 32.6 Å². The van der Waals surface area contributed by atoms with Crippen molar-refractivity contribution in [2.75, 3.05) is 0 Å². The number of aromatic nitrogens is 4. The molecule has 0 aliphatic rings. The molecule has 0 bridgehead atoms. The number of benzene rings is 9. The van der Waals surface area contributed by atoms with Crippen molar-refractivity contribution in [3.05, 3.63) is 218 Å². The second kappa shape index (κ2) is 14.5. The van der Waals surface area contributed by atoms with E-state index in [0.29, 0.717) is 17.6 Å². The number of rotatable bonds is 7. The van der Waals surface area contributed by atoms with E-state index in [1.807, 2.05) is 12.1 Å². The van der Waals surface area contributed by atoms with Crippen LogP contribution in [0.5, 0.6) is 0 Å². The van der Waals surface area contributed by atoms with Gasteiger partial charge in [-0.25, -0.2) is 4.98 Å². The van der Waals surface area contributed by atoms with Crippen LogP contribution in [0.25, 0.3) is 106 Å². The first-order valence-corrected chi connectivity index (χ1v) is 19.9. The van der Waals surface area contributed by atoms with Gasteiger partial charge in [-0.15, -0.1) is 0 Å². The van der Waals surface area contributed by atoms with E-state index in [0.717, 1.165) is 77.4 Å². The lowest BCUT2D eigenvalue weighted by molar-refractivity contribution is 0.954. The number of hydrogen-bond acceptors (Lipinski definition) is 3. The Kier molecular flexibility index (Phi) is 8.45. The standard InChI is InChI=1S/C55H36N4/c1-5-15-37(16-6-1)40-25-29-43(30-26-40)53-56-54(44-31-27-41(28-32-44)38-17-7-2-8-18-38)58-55(57-53)59-50-35-45(39-19-9-3-10-20-39)33-34-48(50)52-47-24-14-13-23-46(47)49(36-51(52)59)42-21-11-4-12-22-42/h1-36H. The lowest BCUT2D eigenvalue weighted by atomic mass is 9.94. The molecule has 11 aromatic rings. The van der Waals surface area contributed by atoms with Crippen molar-refractivity contribution in [1.82, 2.24) is 19.5 Å². The highest BCUT2D eigenvalue weighted by atomic mass is 15.2. The lowest BCUT2D eigenvalue weighted by Gasteiger charge is -2.13. The predicted octanol–water partition coefficient (Wildman–Crippen LogP) is 14.1. The molecule has 0 aliphatic carbocycles. The van der Waals surface area contributed by atoms with Crippen LogP contribution in [0.3, 0.4) is 0 Å². The van der Waals surface area contributed by atoms with Crippen LogP contribution in [-0.4, -0.2) is 19.5 Å². The van der Waals surface area contributed by atoms with Gasteiger partial charge in [0.05, 0.1) is 11.0 Å². The van der Waals surface area contributed by atoms with Crippen LogP contribution in [-0.2, 0) is 0 Å². The summed E-state index contributed by atoms with van der Waals surface area (Å²) in [5.41, 5.74) is 13.1. The Morgan fingerprint density at radius 1 is 0.271 bits per heavy atom. The first-order chi connectivity index (χ1) is 29.2. The molecular formula is C55H36N4. The van der Waals surface area contributed by atoms with Gasteiger partial charge in [0.1, 0.15) is 0 Å². The van der Waals surface area contributed by atoms with E-state index >= 15 is 0 Å². The third kappa shape index (κ3) is 6.24. The van der Waals surface area contributed by atoms with Crippen molar-refractivity contribution < 1.29 is 0 Å². The van der Waals surface area contributed by atoms with E-state index < -0.39 is 0 Å². The fourth-order valence-corrected chi connectivity index (χ4v) is 8.37. The molecule has 4 nitrogen and oxygen atoms in total. The molecule has 11 rings (SSSR count). The highest BCUT2D eigenvalue weighted by molar-refractivity contribution is 6.24. The van der Waals surface area contributed by atoms with Gasteiger partial charge in [-0.05, 0) is 67.4 Å². The second-order valence-electron chi connectivity index (χ2n) is 14.8. The first kappa shape index (κ1) is 34.3. The summed E-state index contributed by atoms with van der Waals surface area (Å²) in [5, 5.41) is 4.69. The molecule has 0 aliphatic heterocycles. The summed E-state index contributed by atoms with van der Waals surface area (Å²) in [6.07, 6.45) is 0. The van der Waals surface area contributed by atoms with Gasteiger partial charge < -0.3 is 0 Å². The van der Waals surface area contributed by atoms with Gasteiger partial charge in [0, 0.05) is 21.9 Å². The van der Waals surface area contributed by atoms with Gasteiger partial charge in [0.25, 0.3) is 0 Å². The van der Waals surface area contributed by atoms with E-state index in [1.54, 1.807) is 0 Å². The molecule has 2 aromatic heterocycles. The Morgan fingerprint density at radius 3 is 1.20 bits per heavy atom. The molecule has 0 atom stereocenters. The Labute approximate surface area is 342 Å². The normalized spacial score (nSPS) is 11.4. The first-order valence-electron chi connectivity index (χ1n) is 19.9. The zero-order chi connectivity index (χ0) is 39.1. The van der Waals surface area contributed by atoms with Crippen LogP contribution < -0.4 is 0 Å². The predicted molar refractivity (Wildman–Crippen MR) is 244 cm³/mol. The summed E-state index contributed by atoms with van der Waals surface area (Å²) in [7, 11) is 0. The van der Waals surface area contributed by atoms with Crippen molar-refractivity contribution in [3.8, 4) is 73.2 Å². The summed E-state index contributed by atoms with van der Waals surface area (Å²) >= 11 is 0. The maximum atomic E-state index is 5.37. The van der Waals surface area contributed by atoms with Crippen LogP contribution >= 0.6 is 0 Å². The molecule has 0 N–H and O–H groups in total. The minimum atomic E-state index is 0.559. The second-order valence-corrected chi connectivity index (χ2v) is 14.8. The van der Waals surface area contributed by atoms with E-state index in [-0.39, 0.29) is 0 Å². The smallest absolute Gasteiger partial charge is 0.238 e. The van der Waals surface area contributed by atoms with Crippen molar-refractivity contribution in [3.63, 3.8) is 0 Å². The van der Waals surface area contributed by atoms with Crippen LogP contribution in [0.1, 0.15) is 0 Å². The Bertz CT molecular complexity index is 3170. The SMILES string of the molecule is c1ccc(-c2ccc(-c3nc(-c4ccc(-c5ccccc5)cc4)nc(-n4c5cc(-c6ccccc6)ccc5c5c6ccccc6c(-c6ccccc6)cc54)n3)cc2)cc1. The molecule has 0 amide bonds. The van der Waals surface area contributed by atoms with Gasteiger partial charge >= 0.3 is 0 Å². The van der Waals surface area contributed by atoms with Crippen molar-refractivity contribution in [1.29, 1.82) is 0 Å². The zero-order valence-electron chi connectivity index (χ0n) is 32.1. The highest BCUT2D eigenvalue weighted by Gasteiger charge is 2.22. The lowest BCUT2D eigenvalue weighted by Crippen LogP contribution is -2.06. The average molecular weight is 753 g/mol. The zero-order valence-corrected chi connectivity index (χ0v) is 32.1. The van der Waals surface area contributed by atoms with Gasteiger partial charge in [-0.2, -0.15) is 9.97 Å². The largest absolute Gasteiger partial charge is 0.278 e. The third-order valence-corrected chi connectivity index (χ3v) is 11.3. The fraction of sp³-hybridized carbons (Fsp3) is 0. The molecular weight excluding hydrogens is 717 g/mol. The number of nitrogens with zero attached hydrogens (tertiary/aromatic N) is 4. The number of hydrogen-bond donors (Lipinski definition) is 0. The Morgan fingerprint density at radius 2 is 0.678 bits per heavy atom. The fourth-order valence-electron chi connectivity index (χ4n) is 8.37. The molecule has 59 heavy (non-hydrogen) atoms. The molecule has 0 fully saturated rings. The molecule has 2 heterocycles. The Balaban J connectivity index is 1.19. The third-order valence-electron chi connectivity index (χ3n) is 11.3. The summed E-state index contributed by atoms with van der Waals surface area (Å²) in [4.78, 5) is 15.9. The quantitative estimate of drug-likeness (QED) is 0.163. The molecule has 0 radical (unpaired) electrons. The molecule has 0 spiro atoms. The van der Waals surface area contributed by atoms with Crippen LogP contribution in [0, 0.1) is 0 Å². The van der Waals surface area contributed by atoms with Crippen LogP contribution in [0.15, 0.2) is 218 Å². The molecule has 276 valence electrons.